The molecule has 7 heteroatoms. The molecule has 1 N–H and O–H groups in total. The molecule has 0 fully saturated rings. The molecule has 26 heavy (non-hydrogen) atoms. The highest BCUT2D eigenvalue weighted by Gasteiger charge is 2.27. The van der Waals surface area contributed by atoms with Gasteiger partial charge in [0, 0.05) is 31.3 Å². The van der Waals surface area contributed by atoms with E-state index in [9.17, 15) is 9.59 Å². The number of aryl methyl sites for hydroxylation is 2. The summed E-state index contributed by atoms with van der Waals surface area (Å²) >= 11 is 0. The van der Waals surface area contributed by atoms with Gasteiger partial charge in [0.15, 0.2) is 0 Å². The number of nitrogens with one attached hydrogen (secondary N) is 1. The summed E-state index contributed by atoms with van der Waals surface area (Å²) in [5.74, 6) is -0.340. The van der Waals surface area contributed by atoms with E-state index in [1.165, 1.54) is 5.01 Å². The Bertz CT molecular complexity index is 842. The maximum atomic E-state index is 12.6. The number of benzene rings is 1. The summed E-state index contributed by atoms with van der Waals surface area (Å²) < 4.78 is 1.76. The molecule has 0 radical (unpaired) electrons. The van der Waals surface area contributed by atoms with Gasteiger partial charge in [0.25, 0.3) is 5.91 Å². The Kier molecular flexibility index (Phi) is 5.16. The second-order valence-corrected chi connectivity index (χ2v) is 6.64. The van der Waals surface area contributed by atoms with Crippen molar-refractivity contribution < 1.29 is 9.59 Å². The van der Waals surface area contributed by atoms with E-state index in [1.54, 1.807) is 10.9 Å². The molecule has 3 rings (SSSR count). The molecule has 0 bridgehead atoms. The van der Waals surface area contributed by atoms with Gasteiger partial charge in [-0.1, -0.05) is 12.1 Å². The summed E-state index contributed by atoms with van der Waals surface area (Å²) in [6, 6.07) is 7.60. The molecular weight excluding hydrogens is 330 g/mol. The third-order valence-electron chi connectivity index (χ3n) is 4.29. The highest BCUT2D eigenvalue weighted by Crippen LogP contribution is 2.25. The van der Waals surface area contributed by atoms with Crippen molar-refractivity contribution in [3.8, 4) is 0 Å². The third-order valence-corrected chi connectivity index (χ3v) is 4.29. The van der Waals surface area contributed by atoms with Crippen LogP contribution in [0.3, 0.4) is 0 Å². The summed E-state index contributed by atoms with van der Waals surface area (Å²) in [6.07, 6.45) is 4.17. The minimum atomic E-state index is -0.243. The normalized spacial score (nSPS) is 15.6. The van der Waals surface area contributed by atoms with Gasteiger partial charge in [0.2, 0.25) is 5.91 Å². The van der Waals surface area contributed by atoms with Crippen molar-refractivity contribution in [1.82, 2.24) is 15.1 Å². The van der Waals surface area contributed by atoms with Gasteiger partial charge >= 0.3 is 0 Å². The molecule has 136 valence electrons. The molecule has 1 atom stereocenters. The average molecular weight is 353 g/mol. The minimum absolute atomic E-state index is 0.0974. The lowest BCUT2D eigenvalue weighted by atomic mass is 10.1. The van der Waals surface area contributed by atoms with Gasteiger partial charge < -0.3 is 5.32 Å². The van der Waals surface area contributed by atoms with E-state index in [0.717, 1.165) is 16.8 Å². The van der Waals surface area contributed by atoms with Crippen LogP contribution >= 0.6 is 0 Å². The van der Waals surface area contributed by atoms with Crippen LogP contribution in [0, 0.1) is 13.8 Å². The molecule has 0 aliphatic carbocycles. The van der Waals surface area contributed by atoms with Crippen molar-refractivity contribution in [2.24, 2.45) is 5.10 Å². The Balaban J connectivity index is 1.75. The zero-order valence-electron chi connectivity index (χ0n) is 15.3. The molecule has 2 heterocycles. The largest absolute Gasteiger partial charge is 0.347 e. The SMILES string of the molecule is Cc1ccc(C)c(N2N=C(C(=O)NC(C)Cn3cccn3)CCC2=O)c1. The number of hydrogen-bond donors (Lipinski definition) is 1. The summed E-state index contributed by atoms with van der Waals surface area (Å²) in [4.78, 5) is 24.9. The number of carbonyl (C=O) groups excluding carboxylic acids is 2. The molecule has 1 aromatic carbocycles. The van der Waals surface area contributed by atoms with E-state index in [0.29, 0.717) is 18.7 Å². The van der Waals surface area contributed by atoms with Crippen LogP contribution in [0.5, 0.6) is 0 Å². The monoisotopic (exact) mass is 353 g/mol. The molecule has 1 aliphatic rings. The Labute approximate surface area is 152 Å². The Morgan fingerprint density at radius 1 is 1.31 bits per heavy atom. The number of hydrogen-bond acceptors (Lipinski definition) is 4. The molecule has 1 aromatic heterocycles. The van der Waals surface area contributed by atoms with Crippen LogP contribution in [0.15, 0.2) is 41.8 Å². The molecular formula is C19H23N5O2. The number of rotatable bonds is 5. The lowest BCUT2D eigenvalue weighted by molar-refractivity contribution is -0.119. The summed E-state index contributed by atoms with van der Waals surface area (Å²) in [7, 11) is 0. The number of amides is 2. The Morgan fingerprint density at radius 3 is 2.85 bits per heavy atom. The minimum Gasteiger partial charge on any atom is -0.347 e. The molecule has 2 amide bonds. The van der Waals surface area contributed by atoms with E-state index >= 15 is 0 Å². The van der Waals surface area contributed by atoms with Crippen molar-refractivity contribution in [3.63, 3.8) is 0 Å². The topological polar surface area (TPSA) is 79.6 Å². The lowest BCUT2D eigenvalue weighted by Gasteiger charge is -2.25. The van der Waals surface area contributed by atoms with Crippen LogP contribution in [-0.4, -0.2) is 33.3 Å². The van der Waals surface area contributed by atoms with Gasteiger partial charge in [-0.25, -0.2) is 5.01 Å². The molecule has 0 saturated heterocycles. The van der Waals surface area contributed by atoms with Crippen molar-refractivity contribution in [1.29, 1.82) is 0 Å². The zero-order chi connectivity index (χ0) is 18.7. The molecule has 0 spiro atoms. The van der Waals surface area contributed by atoms with Crippen molar-refractivity contribution in [2.45, 2.75) is 46.2 Å². The van der Waals surface area contributed by atoms with Crippen molar-refractivity contribution in [2.75, 3.05) is 5.01 Å². The molecule has 2 aromatic rings. The Morgan fingerprint density at radius 2 is 2.12 bits per heavy atom. The highest BCUT2D eigenvalue weighted by molar-refractivity contribution is 6.40. The van der Waals surface area contributed by atoms with Crippen LogP contribution in [0.25, 0.3) is 0 Å². The van der Waals surface area contributed by atoms with Gasteiger partial charge in [-0.3, -0.25) is 14.3 Å². The van der Waals surface area contributed by atoms with Crippen LogP contribution in [0.4, 0.5) is 5.69 Å². The number of aromatic nitrogens is 2. The quantitative estimate of drug-likeness (QED) is 0.895. The summed E-state index contributed by atoms with van der Waals surface area (Å²) in [5.41, 5.74) is 3.09. The summed E-state index contributed by atoms with van der Waals surface area (Å²) in [6.45, 7) is 6.38. The van der Waals surface area contributed by atoms with Gasteiger partial charge in [-0.15, -0.1) is 0 Å². The zero-order valence-corrected chi connectivity index (χ0v) is 15.3. The van der Waals surface area contributed by atoms with Crippen molar-refractivity contribution >= 4 is 23.2 Å². The van der Waals surface area contributed by atoms with E-state index in [4.69, 9.17) is 0 Å². The maximum absolute atomic E-state index is 12.6. The fraction of sp³-hybridized carbons (Fsp3) is 0.368. The first kappa shape index (κ1) is 17.8. The average Bonchev–Trinajstić information content (AvgIpc) is 3.10. The first-order valence-electron chi connectivity index (χ1n) is 8.70. The molecule has 1 aliphatic heterocycles. The van der Waals surface area contributed by atoms with E-state index in [-0.39, 0.29) is 24.3 Å². The van der Waals surface area contributed by atoms with Crippen LogP contribution in [0.1, 0.15) is 30.9 Å². The van der Waals surface area contributed by atoms with E-state index in [2.05, 4.69) is 15.5 Å². The predicted molar refractivity (Wildman–Crippen MR) is 99.9 cm³/mol. The first-order valence-corrected chi connectivity index (χ1v) is 8.70. The number of anilines is 1. The second-order valence-electron chi connectivity index (χ2n) is 6.64. The van der Waals surface area contributed by atoms with Gasteiger partial charge in [-0.05, 0) is 44.0 Å². The van der Waals surface area contributed by atoms with Crippen molar-refractivity contribution in [3.05, 3.63) is 47.8 Å². The number of hydrazone groups is 1. The predicted octanol–water partition coefficient (Wildman–Crippen LogP) is 2.19. The fourth-order valence-corrected chi connectivity index (χ4v) is 2.89. The number of carbonyl (C=O) groups is 2. The summed E-state index contributed by atoms with van der Waals surface area (Å²) in [5, 5.41) is 12.8. The standard InChI is InChI=1S/C19H23N5O2/c1-13-5-6-14(2)17(11-13)24-18(25)8-7-16(22-24)19(26)21-15(3)12-23-10-4-9-20-23/h4-6,9-11,15H,7-8,12H2,1-3H3,(H,21,26). The molecule has 1 unspecified atom stereocenters. The van der Waals surface area contributed by atoms with Crippen LogP contribution in [0.2, 0.25) is 0 Å². The third kappa shape index (κ3) is 3.99. The van der Waals surface area contributed by atoms with E-state index in [1.807, 2.05) is 51.2 Å². The van der Waals surface area contributed by atoms with Crippen LogP contribution in [-0.2, 0) is 16.1 Å². The molecule has 7 nitrogen and oxygen atoms in total. The first-order chi connectivity index (χ1) is 12.4. The second kappa shape index (κ2) is 7.51. The maximum Gasteiger partial charge on any atom is 0.267 e. The van der Waals surface area contributed by atoms with Gasteiger partial charge in [0.05, 0.1) is 12.2 Å². The smallest absolute Gasteiger partial charge is 0.267 e. The van der Waals surface area contributed by atoms with Gasteiger partial charge in [0.1, 0.15) is 5.71 Å². The highest BCUT2D eigenvalue weighted by atomic mass is 16.2. The van der Waals surface area contributed by atoms with E-state index < -0.39 is 0 Å². The van der Waals surface area contributed by atoms with Gasteiger partial charge in [-0.2, -0.15) is 10.2 Å². The van der Waals surface area contributed by atoms with Crippen LogP contribution < -0.4 is 10.3 Å². The fourth-order valence-electron chi connectivity index (χ4n) is 2.89. The lowest BCUT2D eigenvalue weighted by Crippen LogP contribution is -2.43. The Hall–Kier alpha value is -2.96. The molecule has 0 saturated carbocycles. The number of nitrogens with zero attached hydrogens (tertiary/aromatic N) is 4.